The van der Waals surface area contributed by atoms with Crippen LogP contribution >= 0.6 is 11.6 Å². The monoisotopic (exact) mass is 307 g/mol. The predicted octanol–water partition coefficient (Wildman–Crippen LogP) is 4.53. The summed E-state index contributed by atoms with van der Waals surface area (Å²) >= 11 is 6.03. The molecule has 2 aromatic carbocycles. The molecule has 1 heterocycles. The van der Waals surface area contributed by atoms with Crippen molar-refractivity contribution in [1.82, 2.24) is 0 Å². The minimum absolute atomic E-state index is 0.115. The summed E-state index contributed by atoms with van der Waals surface area (Å²) in [7, 11) is 0. The van der Waals surface area contributed by atoms with Gasteiger partial charge in [-0.25, -0.2) is 13.8 Å². The second kappa shape index (κ2) is 5.82. The maximum absolute atomic E-state index is 13.1. The highest BCUT2D eigenvalue weighted by molar-refractivity contribution is 6.33. The molecule has 0 radical (unpaired) electrons. The average Bonchev–Trinajstić information content (AvgIpc) is 2.48. The lowest BCUT2D eigenvalue weighted by Crippen LogP contribution is -2.18. The van der Waals surface area contributed by atoms with E-state index in [2.05, 4.69) is 4.99 Å². The van der Waals surface area contributed by atoms with Crippen molar-refractivity contribution in [2.45, 2.75) is 12.5 Å². The zero-order chi connectivity index (χ0) is 14.8. The molecule has 108 valence electrons. The molecule has 5 heteroatoms. The standard InChI is InChI=1S/C16H12ClF2NO/c17-14-9-12(19)5-6-13(14)16-20-15(7-8-21-16)10-1-3-11(18)4-2-10/h1-6,9,15H,7-8H2. The van der Waals surface area contributed by atoms with E-state index in [1.165, 1.54) is 24.3 Å². The zero-order valence-electron chi connectivity index (χ0n) is 11.0. The van der Waals surface area contributed by atoms with Gasteiger partial charge in [-0.2, -0.15) is 0 Å². The summed E-state index contributed by atoms with van der Waals surface area (Å²) in [6.07, 6.45) is 0.702. The molecule has 3 rings (SSSR count). The number of halogens is 3. The van der Waals surface area contributed by atoms with Gasteiger partial charge in [0.05, 0.1) is 23.2 Å². The van der Waals surface area contributed by atoms with Crippen LogP contribution in [0.15, 0.2) is 47.5 Å². The van der Waals surface area contributed by atoms with E-state index in [4.69, 9.17) is 16.3 Å². The summed E-state index contributed by atoms with van der Waals surface area (Å²) < 4.78 is 31.6. The topological polar surface area (TPSA) is 21.6 Å². The highest BCUT2D eigenvalue weighted by Gasteiger charge is 2.20. The molecule has 0 aromatic heterocycles. The predicted molar refractivity (Wildman–Crippen MR) is 77.7 cm³/mol. The molecule has 0 aliphatic carbocycles. The second-order valence-electron chi connectivity index (χ2n) is 4.76. The van der Waals surface area contributed by atoms with Crippen LogP contribution in [0.25, 0.3) is 0 Å². The normalized spacial score (nSPS) is 18.0. The number of rotatable bonds is 2. The van der Waals surface area contributed by atoms with Gasteiger partial charge in [0.1, 0.15) is 11.6 Å². The van der Waals surface area contributed by atoms with Crippen LogP contribution < -0.4 is 0 Å². The fourth-order valence-corrected chi connectivity index (χ4v) is 2.49. The molecular weight excluding hydrogens is 296 g/mol. The van der Waals surface area contributed by atoms with E-state index >= 15 is 0 Å². The number of nitrogens with zero attached hydrogens (tertiary/aromatic N) is 1. The van der Waals surface area contributed by atoms with Crippen LogP contribution in [0.3, 0.4) is 0 Å². The Morgan fingerprint density at radius 3 is 2.48 bits per heavy atom. The smallest absolute Gasteiger partial charge is 0.218 e. The Kier molecular flexibility index (Phi) is 3.88. The first-order chi connectivity index (χ1) is 10.1. The molecule has 1 atom stereocenters. The summed E-state index contributed by atoms with van der Waals surface area (Å²) in [5, 5.41) is 0.258. The van der Waals surface area contributed by atoms with Gasteiger partial charge < -0.3 is 4.74 Å². The van der Waals surface area contributed by atoms with Crippen molar-refractivity contribution >= 4 is 17.5 Å². The van der Waals surface area contributed by atoms with Crippen LogP contribution in [0.5, 0.6) is 0 Å². The largest absolute Gasteiger partial charge is 0.477 e. The molecule has 0 N–H and O–H groups in total. The van der Waals surface area contributed by atoms with E-state index in [0.717, 1.165) is 5.56 Å². The first-order valence-electron chi connectivity index (χ1n) is 6.55. The number of hydrogen-bond donors (Lipinski definition) is 0. The third-order valence-corrected chi connectivity index (χ3v) is 3.63. The van der Waals surface area contributed by atoms with Crippen LogP contribution in [0.1, 0.15) is 23.6 Å². The minimum atomic E-state index is -0.407. The molecular formula is C16H12ClF2NO. The molecule has 1 aliphatic rings. The van der Waals surface area contributed by atoms with E-state index in [0.29, 0.717) is 24.5 Å². The van der Waals surface area contributed by atoms with Crippen LogP contribution in [0.4, 0.5) is 8.78 Å². The van der Waals surface area contributed by atoms with Crippen molar-refractivity contribution in [3.05, 3.63) is 70.2 Å². The Bertz CT molecular complexity index is 685. The lowest BCUT2D eigenvalue weighted by atomic mass is 10.0. The summed E-state index contributed by atoms with van der Waals surface area (Å²) in [6, 6.07) is 10.2. The lowest BCUT2D eigenvalue weighted by Gasteiger charge is -2.22. The molecule has 0 bridgehead atoms. The van der Waals surface area contributed by atoms with Crippen molar-refractivity contribution < 1.29 is 13.5 Å². The zero-order valence-corrected chi connectivity index (χ0v) is 11.8. The Labute approximate surface area is 126 Å². The van der Waals surface area contributed by atoms with Crippen molar-refractivity contribution in [3.63, 3.8) is 0 Å². The van der Waals surface area contributed by atoms with Crippen molar-refractivity contribution in [2.24, 2.45) is 4.99 Å². The van der Waals surface area contributed by atoms with Gasteiger partial charge >= 0.3 is 0 Å². The Hall–Kier alpha value is -1.94. The summed E-state index contributed by atoms with van der Waals surface area (Å²) in [4.78, 5) is 4.51. The Morgan fingerprint density at radius 2 is 1.76 bits per heavy atom. The van der Waals surface area contributed by atoms with E-state index in [9.17, 15) is 8.78 Å². The summed E-state index contributed by atoms with van der Waals surface area (Å²) in [5.41, 5.74) is 1.47. The SMILES string of the molecule is Fc1ccc(C2CCOC(c3ccc(F)cc3Cl)=N2)cc1. The van der Waals surface area contributed by atoms with Crippen molar-refractivity contribution in [2.75, 3.05) is 6.61 Å². The lowest BCUT2D eigenvalue weighted by molar-refractivity contribution is 0.262. The van der Waals surface area contributed by atoms with Gasteiger partial charge in [0, 0.05) is 6.42 Å². The molecule has 0 saturated carbocycles. The maximum atomic E-state index is 13.1. The summed E-state index contributed by atoms with van der Waals surface area (Å²) in [6.45, 7) is 0.481. The van der Waals surface area contributed by atoms with Gasteiger partial charge in [0.2, 0.25) is 5.90 Å². The molecule has 0 fully saturated rings. The van der Waals surface area contributed by atoms with Crippen molar-refractivity contribution in [1.29, 1.82) is 0 Å². The first-order valence-corrected chi connectivity index (χ1v) is 6.93. The number of hydrogen-bond acceptors (Lipinski definition) is 2. The fourth-order valence-electron chi connectivity index (χ4n) is 2.25. The summed E-state index contributed by atoms with van der Waals surface area (Å²) in [5.74, 6) is -0.299. The maximum Gasteiger partial charge on any atom is 0.218 e. The molecule has 2 aromatic rings. The van der Waals surface area contributed by atoms with Gasteiger partial charge in [-0.05, 0) is 35.9 Å². The van der Waals surface area contributed by atoms with Gasteiger partial charge in [0.25, 0.3) is 0 Å². The quantitative estimate of drug-likeness (QED) is 0.799. The van der Waals surface area contributed by atoms with Crippen molar-refractivity contribution in [3.8, 4) is 0 Å². The molecule has 1 aliphatic heterocycles. The number of benzene rings is 2. The minimum Gasteiger partial charge on any atom is -0.477 e. The highest BCUT2D eigenvalue weighted by atomic mass is 35.5. The first kappa shape index (κ1) is 14.0. The van der Waals surface area contributed by atoms with Gasteiger partial charge in [-0.1, -0.05) is 23.7 Å². The van der Waals surface area contributed by atoms with E-state index in [1.807, 2.05) is 0 Å². The molecule has 0 amide bonds. The third kappa shape index (κ3) is 3.05. The van der Waals surface area contributed by atoms with Gasteiger partial charge in [-0.15, -0.1) is 0 Å². The van der Waals surface area contributed by atoms with Crippen LogP contribution in [-0.2, 0) is 4.74 Å². The molecule has 2 nitrogen and oxygen atoms in total. The van der Waals surface area contributed by atoms with Crippen LogP contribution in [-0.4, -0.2) is 12.5 Å². The Morgan fingerprint density at radius 1 is 1.05 bits per heavy atom. The Balaban J connectivity index is 1.93. The fraction of sp³-hybridized carbons (Fsp3) is 0.188. The van der Waals surface area contributed by atoms with Crippen LogP contribution in [0, 0.1) is 11.6 Å². The number of aliphatic imine (C=N–C) groups is 1. The number of ether oxygens (including phenoxy) is 1. The van der Waals surface area contributed by atoms with E-state index in [1.54, 1.807) is 18.2 Å². The van der Waals surface area contributed by atoms with E-state index in [-0.39, 0.29) is 16.9 Å². The molecule has 21 heavy (non-hydrogen) atoms. The van der Waals surface area contributed by atoms with Crippen LogP contribution in [0.2, 0.25) is 5.02 Å². The molecule has 0 spiro atoms. The average molecular weight is 308 g/mol. The third-order valence-electron chi connectivity index (χ3n) is 3.32. The molecule has 0 saturated heterocycles. The van der Waals surface area contributed by atoms with E-state index < -0.39 is 5.82 Å². The van der Waals surface area contributed by atoms with Gasteiger partial charge in [-0.3, -0.25) is 0 Å². The second-order valence-corrected chi connectivity index (χ2v) is 5.17. The van der Waals surface area contributed by atoms with Gasteiger partial charge in [0.15, 0.2) is 0 Å². The highest BCUT2D eigenvalue weighted by Crippen LogP contribution is 2.28. The molecule has 1 unspecified atom stereocenters.